The van der Waals surface area contributed by atoms with Gasteiger partial charge in [-0.05, 0) is 12.5 Å². The van der Waals surface area contributed by atoms with Crippen molar-refractivity contribution >= 4 is 0 Å². The van der Waals surface area contributed by atoms with Crippen LogP contribution in [0.1, 0.15) is 20.3 Å². The van der Waals surface area contributed by atoms with Gasteiger partial charge in [0.1, 0.15) is 0 Å². The van der Waals surface area contributed by atoms with E-state index in [0.29, 0.717) is 0 Å². The minimum absolute atomic E-state index is 0. The summed E-state index contributed by atoms with van der Waals surface area (Å²) < 4.78 is 0. The predicted octanol–water partition coefficient (Wildman–Crippen LogP) is -1.58. The van der Waals surface area contributed by atoms with Crippen LogP contribution in [0.5, 0.6) is 0 Å². The molecule has 1 rings (SSSR count). The van der Waals surface area contributed by atoms with E-state index in [2.05, 4.69) is 25.7 Å². The van der Waals surface area contributed by atoms with Crippen LogP contribution >= 0.6 is 0 Å². The molecule has 2 atom stereocenters. The molecule has 0 spiro atoms. The van der Waals surface area contributed by atoms with Gasteiger partial charge < -0.3 is 5.32 Å². The van der Waals surface area contributed by atoms with Crippen LogP contribution in [0, 0.1) is 18.4 Å². The Morgan fingerprint density at radius 2 is 2.00 bits per heavy atom. The van der Waals surface area contributed by atoms with Gasteiger partial charge in [-0.3, -0.25) is 6.54 Å². The SMILES string of the molecule is CC1C[CH-]NCC1C.[Rb+]. The zero-order valence-electron chi connectivity index (χ0n) is 6.65. The molecular weight excluding hydrogens is 184 g/mol. The van der Waals surface area contributed by atoms with E-state index >= 15 is 0 Å². The normalized spacial score (nSPS) is 35.3. The summed E-state index contributed by atoms with van der Waals surface area (Å²) >= 11 is 0. The molecule has 1 saturated heterocycles. The van der Waals surface area contributed by atoms with Gasteiger partial charge in [-0.25, -0.2) is 0 Å². The molecule has 0 aromatic rings. The molecule has 0 saturated carbocycles. The number of hydrogen-bond acceptors (Lipinski definition) is 1. The molecule has 9 heavy (non-hydrogen) atoms. The largest absolute Gasteiger partial charge is 1.00 e. The molecular formula is C7H14NRb. The molecule has 0 bridgehead atoms. The zero-order valence-corrected chi connectivity index (χ0v) is 11.6. The van der Waals surface area contributed by atoms with Crippen molar-refractivity contribution in [2.75, 3.05) is 6.54 Å². The Kier molecular flexibility index (Phi) is 6.48. The van der Waals surface area contributed by atoms with Crippen molar-refractivity contribution in [3.8, 4) is 0 Å². The summed E-state index contributed by atoms with van der Waals surface area (Å²) in [5.74, 6) is 1.75. The maximum absolute atomic E-state index is 3.24. The fraction of sp³-hybridized carbons (Fsp3) is 0.857. The molecule has 0 radical (unpaired) electrons. The second kappa shape index (κ2) is 5.42. The second-order valence-corrected chi connectivity index (χ2v) is 2.80. The molecule has 2 unspecified atom stereocenters. The summed E-state index contributed by atoms with van der Waals surface area (Å²) in [5, 5.41) is 3.24. The first-order chi connectivity index (χ1) is 3.80. The number of hydrogen-bond donors (Lipinski definition) is 1. The van der Waals surface area contributed by atoms with Crippen molar-refractivity contribution in [2.24, 2.45) is 11.8 Å². The van der Waals surface area contributed by atoms with Crippen molar-refractivity contribution in [1.29, 1.82) is 0 Å². The van der Waals surface area contributed by atoms with Gasteiger partial charge in [-0.1, -0.05) is 19.8 Å². The first kappa shape index (κ1) is 10.8. The third-order valence-corrected chi connectivity index (χ3v) is 2.05. The average Bonchev–Trinajstić information content (AvgIpc) is 1.77. The van der Waals surface area contributed by atoms with Crippen molar-refractivity contribution in [1.82, 2.24) is 5.32 Å². The van der Waals surface area contributed by atoms with Gasteiger partial charge in [-0.15, -0.1) is 0 Å². The third kappa shape index (κ3) is 3.61. The van der Waals surface area contributed by atoms with Crippen molar-refractivity contribution in [3.63, 3.8) is 0 Å². The van der Waals surface area contributed by atoms with Gasteiger partial charge in [0.15, 0.2) is 0 Å². The summed E-state index contributed by atoms with van der Waals surface area (Å²) in [6, 6.07) is 0. The smallest absolute Gasteiger partial charge is 0.470 e. The molecule has 0 aliphatic carbocycles. The van der Waals surface area contributed by atoms with E-state index in [4.69, 9.17) is 0 Å². The Labute approximate surface area is 107 Å². The topological polar surface area (TPSA) is 12.0 Å². The minimum atomic E-state index is 0. The average molecular weight is 198 g/mol. The van der Waals surface area contributed by atoms with E-state index < -0.39 is 0 Å². The van der Waals surface area contributed by atoms with E-state index in [1.807, 2.05) is 0 Å². The molecule has 1 aliphatic heterocycles. The number of nitrogens with one attached hydrogen (secondary N) is 1. The van der Waals surface area contributed by atoms with Crippen molar-refractivity contribution < 1.29 is 58.2 Å². The Bertz CT molecular complexity index is 65.3. The first-order valence-electron chi connectivity index (χ1n) is 3.36. The van der Waals surface area contributed by atoms with Gasteiger partial charge in [-0.2, -0.15) is 6.42 Å². The molecule has 1 nitrogen and oxygen atoms in total. The van der Waals surface area contributed by atoms with E-state index in [1.54, 1.807) is 0 Å². The zero-order chi connectivity index (χ0) is 5.98. The molecule has 48 valence electrons. The van der Waals surface area contributed by atoms with Crippen LogP contribution in [0.15, 0.2) is 0 Å². The van der Waals surface area contributed by atoms with Gasteiger partial charge in [0.05, 0.1) is 0 Å². The van der Waals surface area contributed by atoms with Gasteiger partial charge in [0.2, 0.25) is 0 Å². The van der Waals surface area contributed by atoms with Crippen LogP contribution in [-0.2, 0) is 0 Å². The maximum atomic E-state index is 3.24. The van der Waals surface area contributed by atoms with E-state index in [9.17, 15) is 0 Å². The first-order valence-corrected chi connectivity index (χ1v) is 3.36. The van der Waals surface area contributed by atoms with Gasteiger partial charge in [0, 0.05) is 0 Å². The van der Waals surface area contributed by atoms with E-state index in [-0.39, 0.29) is 58.2 Å². The Morgan fingerprint density at radius 3 is 2.33 bits per heavy atom. The molecule has 1 fully saturated rings. The van der Waals surface area contributed by atoms with Crippen LogP contribution in [0.2, 0.25) is 0 Å². The molecule has 2 heteroatoms. The summed E-state index contributed by atoms with van der Waals surface area (Å²) in [7, 11) is 0. The Morgan fingerprint density at radius 1 is 1.33 bits per heavy atom. The summed E-state index contributed by atoms with van der Waals surface area (Å²) in [6.07, 6.45) is 1.24. The van der Waals surface area contributed by atoms with Crippen molar-refractivity contribution in [2.45, 2.75) is 20.3 Å². The predicted molar refractivity (Wildman–Crippen MR) is 35.2 cm³/mol. The van der Waals surface area contributed by atoms with Crippen LogP contribution in [0.4, 0.5) is 0 Å². The quantitative estimate of drug-likeness (QED) is 0.463. The molecule has 1 aliphatic rings. The second-order valence-electron chi connectivity index (χ2n) is 2.80. The summed E-state index contributed by atoms with van der Waals surface area (Å²) in [6.45, 7) is 7.94. The van der Waals surface area contributed by atoms with Gasteiger partial charge in [0.25, 0.3) is 0 Å². The molecule has 0 aromatic carbocycles. The minimum Gasteiger partial charge on any atom is -0.470 e. The fourth-order valence-electron chi connectivity index (χ4n) is 0.972. The third-order valence-electron chi connectivity index (χ3n) is 2.05. The standard InChI is InChI=1S/C7H14N.Rb/c1-6-3-4-8-5-7(6)2;/h4,6-8H,3,5H2,1-2H3;/q-1;+1. The molecule has 0 aromatic heterocycles. The van der Waals surface area contributed by atoms with Crippen LogP contribution < -0.4 is 63.5 Å². The molecule has 1 heterocycles. The Balaban J connectivity index is 0.000000640. The maximum Gasteiger partial charge on any atom is 1.00 e. The summed E-state index contributed by atoms with van der Waals surface area (Å²) in [5.41, 5.74) is 0. The Hall–Kier alpha value is 1.77. The van der Waals surface area contributed by atoms with Crippen molar-refractivity contribution in [3.05, 3.63) is 6.54 Å². The van der Waals surface area contributed by atoms with E-state index in [0.717, 1.165) is 11.8 Å². The van der Waals surface area contributed by atoms with Gasteiger partial charge >= 0.3 is 58.2 Å². The fourth-order valence-corrected chi connectivity index (χ4v) is 0.972. The van der Waals surface area contributed by atoms with E-state index in [1.165, 1.54) is 13.0 Å². The monoisotopic (exact) mass is 197 g/mol. The van der Waals surface area contributed by atoms with Crippen LogP contribution in [0.25, 0.3) is 0 Å². The van der Waals surface area contributed by atoms with Crippen LogP contribution in [-0.4, -0.2) is 6.54 Å². The number of piperidine rings is 1. The van der Waals surface area contributed by atoms with Crippen LogP contribution in [0.3, 0.4) is 0 Å². The summed E-state index contributed by atoms with van der Waals surface area (Å²) in [4.78, 5) is 0. The number of rotatable bonds is 0. The molecule has 1 N–H and O–H groups in total. The molecule has 0 amide bonds.